The summed E-state index contributed by atoms with van der Waals surface area (Å²) in [6, 6.07) is 31.0. The highest BCUT2D eigenvalue weighted by Crippen LogP contribution is 2.38. The first-order chi connectivity index (χ1) is 18.0. The smallest absolute Gasteiger partial charge is 0.262 e. The average Bonchev–Trinajstić information content (AvgIpc) is 2.91. The maximum absolute atomic E-state index is 13.6. The zero-order valence-electron chi connectivity index (χ0n) is 21.1. The summed E-state index contributed by atoms with van der Waals surface area (Å²) >= 11 is 0. The summed E-state index contributed by atoms with van der Waals surface area (Å²) in [7, 11) is 0. The summed E-state index contributed by atoms with van der Waals surface area (Å²) in [5, 5.41) is 2.88. The maximum Gasteiger partial charge on any atom is 0.262 e. The molecule has 1 heterocycles. The molecule has 1 aliphatic rings. The van der Waals surface area contributed by atoms with Gasteiger partial charge in [-0.25, -0.2) is 0 Å². The molecule has 5 heteroatoms. The summed E-state index contributed by atoms with van der Waals surface area (Å²) in [6.45, 7) is 4.56. The number of hydrogen-bond donors (Lipinski definition) is 1. The third-order valence-corrected chi connectivity index (χ3v) is 6.66. The van der Waals surface area contributed by atoms with Crippen LogP contribution < -0.4 is 10.1 Å². The van der Waals surface area contributed by atoms with Crippen LogP contribution in [0.1, 0.15) is 44.2 Å². The molecule has 1 atom stereocenters. The molecule has 0 radical (unpaired) electrons. The van der Waals surface area contributed by atoms with Crippen LogP contribution in [0.25, 0.3) is 0 Å². The third kappa shape index (κ3) is 5.56. The molecule has 1 unspecified atom stereocenters. The zero-order valence-corrected chi connectivity index (χ0v) is 21.1. The van der Waals surface area contributed by atoms with Gasteiger partial charge in [-0.2, -0.15) is 0 Å². The quantitative estimate of drug-likeness (QED) is 0.355. The molecule has 0 spiro atoms. The molecule has 1 aliphatic heterocycles. The van der Waals surface area contributed by atoms with Crippen LogP contribution in [-0.2, 0) is 11.2 Å². The summed E-state index contributed by atoms with van der Waals surface area (Å²) in [6.07, 6.45) is 0.754. The normalized spacial score (nSPS) is 14.5. The van der Waals surface area contributed by atoms with E-state index in [1.54, 1.807) is 0 Å². The van der Waals surface area contributed by atoms with Crippen molar-refractivity contribution in [2.24, 2.45) is 0 Å². The van der Waals surface area contributed by atoms with Gasteiger partial charge in [-0.05, 0) is 78.9 Å². The van der Waals surface area contributed by atoms with E-state index in [9.17, 15) is 9.59 Å². The minimum atomic E-state index is -0.249. The number of ether oxygens (including phenoxy) is 1. The highest BCUT2D eigenvalue weighted by atomic mass is 16.5. The number of benzene rings is 4. The lowest BCUT2D eigenvalue weighted by Gasteiger charge is -2.38. The Kier molecular flexibility index (Phi) is 7.04. The molecule has 5 rings (SSSR count). The lowest BCUT2D eigenvalue weighted by atomic mass is 9.87. The van der Waals surface area contributed by atoms with Crippen LogP contribution in [0.15, 0.2) is 97.1 Å². The summed E-state index contributed by atoms with van der Waals surface area (Å²) in [5.41, 5.74) is 6.89. The molecule has 4 aromatic carbocycles. The second-order valence-electron chi connectivity index (χ2n) is 9.50. The predicted molar refractivity (Wildman–Crippen MR) is 146 cm³/mol. The van der Waals surface area contributed by atoms with E-state index >= 15 is 0 Å². The molecule has 0 saturated heterocycles. The SMILES string of the molecule is Cc1cccc(NC(=O)COc2ccc3c(c2)C(c2cccc(C)c2)N(C(=O)c2ccccc2)CC3)c1. The first kappa shape index (κ1) is 24.3. The Hall–Kier alpha value is -4.38. The number of carbonyl (C=O) groups excluding carboxylic acids is 2. The van der Waals surface area contributed by atoms with Crippen molar-refractivity contribution in [1.82, 2.24) is 4.90 Å². The van der Waals surface area contributed by atoms with Crippen LogP contribution in [-0.4, -0.2) is 29.9 Å². The van der Waals surface area contributed by atoms with Crippen molar-refractivity contribution in [2.45, 2.75) is 26.3 Å². The molecular formula is C32H30N2O3. The second-order valence-corrected chi connectivity index (χ2v) is 9.50. The van der Waals surface area contributed by atoms with E-state index in [4.69, 9.17) is 4.74 Å². The van der Waals surface area contributed by atoms with Gasteiger partial charge in [-0.15, -0.1) is 0 Å². The Morgan fingerprint density at radius 3 is 2.38 bits per heavy atom. The standard InChI is InChI=1S/C32H30N2O3/c1-22-8-6-12-26(18-22)31-29-20-28(37-21-30(35)33-27-13-7-9-23(2)19-27)15-14-24(29)16-17-34(31)32(36)25-10-4-3-5-11-25/h3-15,18-20,31H,16-17,21H2,1-2H3,(H,33,35). The Morgan fingerprint density at radius 2 is 1.62 bits per heavy atom. The number of amides is 2. The number of carbonyl (C=O) groups is 2. The van der Waals surface area contributed by atoms with Crippen molar-refractivity contribution in [1.29, 1.82) is 0 Å². The van der Waals surface area contributed by atoms with Crippen molar-refractivity contribution in [3.8, 4) is 5.75 Å². The van der Waals surface area contributed by atoms with Crippen LogP contribution >= 0.6 is 0 Å². The van der Waals surface area contributed by atoms with Gasteiger partial charge in [0.1, 0.15) is 5.75 Å². The van der Waals surface area contributed by atoms with Crippen LogP contribution in [0.4, 0.5) is 5.69 Å². The number of fused-ring (bicyclic) bond motifs is 1. The first-order valence-electron chi connectivity index (χ1n) is 12.5. The number of aryl methyl sites for hydroxylation is 2. The molecule has 0 aliphatic carbocycles. The van der Waals surface area contributed by atoms with Gasteiger partial charge >= 0.3 is 0 Å². The van der Waals surface area contributed by atoms with Crippen LogP contribution in [0, 0.1) is 13.8 Å². The highest BCUT2D eigenvalue weighted by molar-refractivity contribution is 5.95. The molecule has 0 saturated carbocycles. The Balaban J connectivity index is 1.42. The second kappa shape index (κ2) is 10.7. The van der Waals surface area contributed by atoms with Gasteiger partial charge in [0.05, 0.1) is 6.04 Å². The Morgan fingerprint density at radius 1 is 0.865 bits per heavy atom. The van der Waals surface area contributed by atoms with Crippen molar-refractivity contribution in [3.63, 3.8) is 0 Å². The van der Waals surface area contributed by atoms with Crippen LogP contribution in [0.5, 0.6) is 5.75 Å². The molecule has 4 aromatic rings. The lowest BCUT2D eigenvalue weighted by molar-refractivity contribution is -0.118. The topological polar surface area (TPSA) is 58.6 Å². The summed E-state index contributed by atoms with van der Waals surface area (Å²) in [4.78, 5) is 28.1. The van der Waals surface area contributed by atoms with Gasteiger partial charge in [0, 0.05) is 17.8 Å². The van der Waals surface area contributed by atoms with Crippen molar-refractivity contribution < 1.29 is 14.3 Å². The van der Waals surface area contributed by atoms with Gasteiger partial charge in [-0.1, -0.05) is 66.2 Å². The van der Waals surface area contributed by atoms with E-state index in [0.29, 0.717) is 17.9 Å². The molecule has 0 fully saturated rings. The van der Waals surface area contributed by atoms with E-state index in [2.05, 4.69) is 36.5 Å². The van der Waals surface area contributed by atoms with Gasteiger partial charge in [0.25, 0.3) is 11.8 Å². The third-order valence-electron chi connectivity index (χ3n) is 6.66. The van der Waals surface area contributed by atoms with Gasteiger partial charge in [0.15, 0.2) is 6.61 Å². The fourth-order valence-corrected chi connectivity index (χ4v) is 4.92. The number of nitrogens with zero attached hydrogens (tertiary/aromatic N) is 1. The zero-order chi connectivity index (χ0) is 25.8. The average molecular weight is 491 g/mol. The van der Waals surface area contributed by atoms with Crippen LogP contribution in [0.3, 0.4) is 0 Å². The number of hydrogen-bond acceptors (Lipinski definition) is 3. The molecular weight excluding hydrogens is 460 g/mol. The van der Waals surface area contributed by atoms with Gasteiger partial charge in [0.2, 0.25) is 0 Å². The van der Waals surface area contributed by atoms with Gasteiger partial charge < -0.3 is 15.0 Å². The molecule has 37 heavy (non-hydrogen) atoms. The minimum absolute atomic E-state index is 0.00149. The monoisotopic (exact) mass is 490 g/mol. The van der Waals surface area contributed by atoms with E-state index in [0.717, 1.165) is 34.4 Å². The van der Waals surface area contributed by atoms with E-state index in [1.165, 1.54) is 5.56 Å². The molecule has 0 bridgehead atoms. The fourth-order valence-electron chi connectivity index (χ4n) is 4.92. The van der Waals surface area contributed by atoms with Crippen molar-refractivity contribution in [3.05, 3.63) is 130 Å². The fraction of sp³-hybridized carbons (Fsp3) is 0.188. The molecule has 1 N–H and O–H groups in total. The predicted octanol–water partition coefficient (Wildman–Crippen LogP) is 6.11. The lowest BCUT2D eigenvalue weighted by Crippen LogP contribution is -2.40. The highest BCUT2D eigenvalue weighted by Gasteiger charge is 2.33. The first-order valence-corrected chi connectivity index (χ1v) is 12.5. The number of anilines is 1. The van der Waals surface area contributed by atoms with Gasteiger partial charge in [-0.3, -0.25) is 9.59 Å². The molecule has 2 amide bonds. The van der Waals surface area contributed by atoms with E-state index in [1.807, 2.05) is 84.6 Å². The number of nitrogens with one attached hydrogen (secondary N) is 1. The van der Waals surface area contributed by atoms with Crippen molar-refractivity contribution >= 4 is 17.5 Å². The van der Waals surface area contributed by atoms with Crippen molar-refractivity contribution in [2.75, 3.05) is 18.5 Å². The molecule has 0 aromatic heterocycles. The number of rotatable bonds is 6. The summed E-state index contributed by atoms with van der Waals surface area (Å²) < 4.78 is 5.91. The largest absolute Gasteiger partial charge is 0.484 e. The molecule has 186 valence electrons. The summed E-state index contributed by atoms with van der Waals surface area (Å²) in [5.74, 6) is 0.380. The maximum atomic E-state index is 13.6. The molecule has 5 nitrogen and oxygen atoms in total. The Labute approximate surface area is 217 Å². The van der Waals surface area contributed by atoms with Crippen LogP contribution in [0.2, 0.25) is 0 Å². The van der Waals surface area contributed by atoms with E-state index in [-0.39, 0.29) is 24.5 Å². The minimum Gasteiger partial charge on any atom is -0.484 e. The van der Waals surface area contributed by atoms with E-state index < -0.39 is 0 Å². The Bertz CT molecular complexity index is 1430.